The third-order valence-electron chi connectivity index (χ3n) is 7.48. The quantitative estimate of drug-likeness (QED) is 0.532. The van der Waals surface area contributed by atoms with E-state index in [2.05, 4.69) is 33.1 Å². The van der Waals surface area contributed by atoms with Crippen molar-refractivity contribution in [3.05, 3.63) is 41.9 Å². The Morgan fingerprint density at radius 3 is 2.68 bits per heavy atom. The first-order chi connectivity index (χ1) is 16.3. The van der Waals surface area contributed by atoms with Gasteiger partial charge >= 0.3 is 6.09 Å². The Bertz CT molecular complexity index is 1200. The van der Waals surface area contributed by atoms with Crippen molar-refractivity contribution in [3.63, 3.8) is 0 Å². The number of thiazole rings is 1. The number of ether oxygens (including phenoxy) is 1. The van der Waals surface area contributed by atoms with E-state index in [0.29, 0.717) is 23.9 Å². The van der Waals surface area contributed by atoms with Crippen molar-refractivity contribution < 1.29 is 9.53 Å². The van der Waals surface area contributed by atoms with E-state index in [0.717, 1.165) is 55.5 Å². The Morgan fingerprint density at radius 1 is 1.12 bits per heavy atom. The van der Waals surface area contributed by atoms with Crippen LogP contribution in [-0.4, -0.2) is 68.2 Å². The van der Waals surface area contributed by atoms with Crippen LogP contribution in [0.2, 0.25) is 0 Å². The molecular formula is C26H31N5O2S. The number of nitrogens with zero attached hydrogens (tertiary/aromatic N) is 5. The number of benzene rings is 1. The number of hydrogen-bond acceptors (Lipinski definition) is 7. The van der Waals surface area contributed by atoms with E-state index in [1.165, 1.54) is 9.71 Å². The summed E-state index contributed by atoms with van der Waals surface area (Å²) >= 11 is 1.82. The second-order valence-corrected chi connectivity index (χ2v) is 12.0. The Kier molecular flexibility index (Phi) is 5.33. The summed E-state index contributed by atoms with van der Waals surface area (Å²) in [5, 5.41) is 1.25. The lowest BCUT2D eigenvalue weighted by Crippen LogP contribution is -2.46. The number of amides is 1. The van der Waals surface area contributed by atoms with Gasteiger partial charge in [-0.05, 0) is 63.6 Å². The van der Waals surface area contributed by atoms with Crippen molar-refractivity contribution in [1.29, 1.82) is 0 Å². The molecule has 1 aliphatic carbocycles. The maximum Gasteiger partial charge on any atom is 0.410 e. The number of carbonyl (C=O) groups is 1. The van der Waals surface area contributed by atoms with Gasteiger partial charge in [-0.15, -0.1) is 11.3 Å². The molecule has 8 heteroatoms. The molecule has 0 radical (unpaired) electrons. The van der Waals surface area contributed by atoms with Crippen LogP contribution in [0.4, 0.5) is 4.79 Å². The number of carbonyl (C=O) groups excluding carboxylic acids is 1. The average Bonchev–Trinajstić information content (AvgIpc) is 3.45. The van der Waals surface area contributed by atoms with Gasteiger partial charge in [0.1, 0.15) is 11.9 Å². The highest BCUT2D eigenvalue weighted by Gasteiger charge is 2.48. The third kappa shape index (κ3) is 4.07. The van der Waals surface area contributed by atoms with Gasteiger partial charge in [0.25, 0.3) is 0 Å². The molecule has 2 atom stereocenters. The summed E-state index contributed by atoms with van der Waals surface area (Å²) in [5.74, 6) is 1.11. The number of rotatable bonds is 3. The first-order valence-corrected chi connectivity index (χ1v) is 13.1. The van der Waals surface area contributed by atoms with Crippen LogP contribution in [-0.2, 0) is 4.74 Å². The Morgan fingerprint density at radius 2 is 1.91 bits per heavy atom. The fraction of sp³-hybridized carbons (Fsp3) is 0.538. The second-order valence-electron chi connectivity index (χ2n) is 10.9. The van der Waals surface area contributed by atoms with Crippen LogP contribution in [0.25, 0.3) is 21.3 Å². The van der Waals surface area contributed by atoms with Gasteiger partial charge in [-0.2, -0.15) is 0 Å². The molecule has 1 amide bonds. The van der Waals surface area contributed by atoms with Gasteiger partial charge in [-0.1, -0.05) is 6.07 Å². The molecule has 3 aliphatic rings. The van der Waals surface area contributed by atoms with E-state index < -0.39 is 5.60 Å². The van der Waals surface area contributed by atoms with Gasteiger partial charge in [0, 0.05) is 49.6 Å². The highest BCUT2D eigenvalue weighted by molar-refractivity contribution is 7.18. The molecule has 1 aromatic carbocycles. The van der Waals surface area contributed by atoms with Crippen LogP contribution in [0.3, 0.4) is 0 Å². The Hall–Kier alpha value is -2.58. The third-order valence-corrected chi connectivity index (χ3v) is 8.66. The van der Waals surface area contributed by atoms with Crippen LogP contribution in [0.1, 0.15) is 51.0 Å². The maximum atomic E-state index is 12.7. The van der Waals surface area contributed by atoms with Crippen LogP contribution in [0.15, 0.2) is 36.9 Å². The molecular weight excluding hydrogens is 446 g/mol. The van der Waals surface area contributed by atoms with E-state index in [1.807, 2.05) is 49.4 Å². The number of fused-ring (bicyclic) bond motifs is 2. The lowest BCUT2D eigenvalue weighted by atomic mass is 9.80. The molecule has 2 saturated heterocycles. The second kappa shape index (κ2) is 8.27. The summed E-state index contributed by atoms with van der Waals surface area (Å²) in [7, 11) is 0. The molecule has 3 fully saturated rings. The topological polar surface area (TPSA) is 71.5 Å². The highest BCUT2D eigenvalue weighted by atomic mass is 32.1. The lowest BCUT2D eigenvalue weighted by Gasteiger charge is -2.41. The fourth-order valence-corrected chi connectivity index (χ4v) is 6.80. The Labute approximate surface area is 204 Å². The van der Waals surface area contributed by atoms with Gasteiger partial charge < -0.3 is 9.64 Å². The zero-order valence-electron chi connectivity index (χ0n) is 20.0. The van der Waals surface area contributed by atoms with Gasteiger partial charge in [0.05, 0.1) is 21.3 Å². The minimum atomic E-state index is -0.443. The minimum Gasteiger partial charge on any atom is -0.444 e. The van der Waals surface area contributed by atoms with Crippen LogP contribution in [0.5, 0.6) is 0 Å². The van der Waals surface area contributed by atoms with Crippen LogP contribution in [0, 0.1) is 5.92 Å². The van der Waals surface area contributed by atoms with E-state index in [4.69, 9.17) is 9.72 Å². The van der Waals surface area contributed by atoms with Gasteiger partial charge in [-0.25, -0.2) is 19.7 Å². The van der Waals surface area contributed by atoms with Crippen LogP contribution < -0.4 is 0 Å². The molecule has 1 saturated carbocycles. The molecule has 2 aliphatic heterocycles. The van der Waals surface area contributed by atoms with E-state index in [9.17, 15) is 4.79 Å². The van der Waals surface area contributed by atoms with E-state index in [1.54, 1.807) is 6.33 Å². The van der Waals surface area contributed by atoms with Gasteiger partial charge in [0.2, 0.25) is 0 Å². The predicted molar refractivity (Wildman–Crippen MR) is 133 cm³/mol. The molecule has 4 heterocycles. The van der Waals surface area contributed by atoms with Crippen molar-refractivity contribution in [2.75, 3.05) is 19.6 Å². The normalized spacial score (nSPS) is 27.1. The predicted octanol–water partition coefficient (Wildman–Crippen LogP) is 4.94. The molecule has 0 N–H and O–H groups in total. The van der Waals surface area contributed by atoms with Gasteiger partial charge in [0.15, 0.2) is 0 Å². The van der Waals surface area contributed by atoms with Crippen molar-refractivity contribution in [2.45, 2.75) is 63.6 Å². The Balaban J connectivity index is 1.09. The summed E-state index contributed by atoms with van der Waals surface area (Å²) in [6.45, 7) is 8.72. The first kappa shape index (κ1) is 21.9. The minimum absolute atomic E-state index is 0.149. The highest BCUT2D eigenvalue weighted by Crippen LogP contribution is 2.45. The number of aromatic nitrogens is 3. The number of hydrogen-bond donors (Lipinski definition) is 0. The van der Waals surface area contributed by atoms with Crippen molar-refractivity contribution >= 4 is 27.6 Å². The summed E-state index contributed by atoms with van der Waals surface area (Å²) in [6, 6.07) is 7.32. The SMILES string of the molecule is CC(C)(C)OC(=O)N1CC[C@@H]2CN([C@H]3C[C@@H](c4nc5ccc(-c6cncnc6)cc5s4)C3)C[C@@H]21. The largest absolute Gasteiger partial charge is 0.444 e. The van der Waals surface area contributed by atoms with E-state index >= 15 is 0 Å². The van der Waals surface area contributed by atoms with E-state index in [-0.39, 0.29) is 6.09 Å². The molecule has 6 rings (SSSR count). The molecule has 3 aromatic rings. The van der Waals surface area contributed by atoms with Crippen molar-refractivity contribution in [3.8, 4) is 11.1 Å². The molecule has 0 unspecified atom stereocenters. The van der Waals surface area contributed by atoms with Gasteiger partial charge in [-0.3, -0.25) is 4.90 Å². The smallest absolute Gasteiger partial charge is 0.410 e. The summed E-state index contributed by atoms with van der Waals surface area (Å²) in [6.07, 6.45) is 8.51. The fourth-order valence-electron chi connectivity index (χ4n) is 5.67. The van der Waals surface area contributed by atoms with Crippen molar-refractivity contribution in [2.24, 2.45) is 5.92 Å². The average molecular weight is 478 g/mol. The summed E-state index contributed by atoms with van der Waals surface area (Å²) < 4.78 is 6.89. The lowest BCUT2D eigenvalue weighted by molar-refractivity contribution is 0.0204. The first-order valence-electron chi connectivity index (χ1n) is 12.2. The van der Waals surface area contributed by atoms with Crippen molar-refractivity contribution in [1.82, 2.24) is 24.8 Å². The maximum absolute atomic E-state index is 12.7. The molecule has 178 valence electrons. The standard InChI is InChI=1S/C26H31N5O2S/c1-26(2,3)33-25(32)31-7-6-17-13-30(14-22(17)31)20-8-18(9-20)24-29-21-5-4-16(10-23(21)34-24)19-11-27-15-28-12-19/h4-5,10-12,15,17-18,20,22H,6-9,13-14H2,1-3H3/t17-,18-,20+,22+/m1/s1. The number of likely N-dealkylation sites (tertiary alicyclic amines) is 2. The molecule has 0 bridgehead atoms. The molecule has 2 aromatic heterocycles. The zero-order valence-corrected chi connectivity index (χ0v) is 20.8. The molecule has 7 nitrogen and oxygen atoms in total. The molecule has 34 heavy (non-hydrogen) atoms. The zero-order chi connectivity index (χ0) is 23.4. The molecule has 0 spiro atoms. The monoisotopic (exact) mass is 477 g/mol. The summed E-state index contributed by atoms with van der Waals surface area (Å²) in [4.78, 5) is 30.5. The summed E-state index contributed by atoms with van der Waals surface area (Å²) in [5.41, 5.74) is 2.80. The van der Waals surface area contributed by atoms with Crippen LogP contribution >= 0.6 is 11.3 Å².